The summed E-state index contributed by atoms with van der Waals surface area (Å²) in [5.74, 6) is 0.391. The molecule has 144 valence electrons. The Hall–Kier alpha value is -2.26. The van der Waals surface area contributed by atoms with Crippen LogP contribution in [-0.4, -0.2) is 48.0 Å². The van der Waals surface area contributed by atoms with Gasteiger partial charge in [0.15, 0.2) is 11.5 Å². The number of benzene rings is 1. The van der Waals surface area contributed by atoms with E-state index in [4.69, 9.17) is 26.4 Å². The molecule has 0 spiro atoms. The zero-order valence-electron chi connectivity index (χ0n) is 14.7. The Morgan fingerprint density at radius 2 is 2.15 bits per heavy atom. The molecule has 1 fully saturated rings. The summed E-state index contributed by atoms with van der Waals surface area (Å²) in [5, 5.41) is 10.5. The summed E-state index contributed by atoms with van der Waals surface area (Å²) in [7, 11) is 1.55. The van der Waals surface area contributed by atoms with Crippen LogP contribution in [0.25, 0.3) is 6.08 Å². The number of thiocarbonyl (C=S) groups is 1. The van der Waals surface area contributed by atoms with Gasteiger partial charge in [-0.1, -0.05) is 24.0 Å². The Balaban J connectivity index is 1.74. The van der Waals surface area contributed by atoms with Gasteiger partial charge in [0.25, 0.3) is 5.91 Å². The van der Waals surface area contributed by atoms with Crippen LogP contribution in [0.5, 0.6) is 17.2 Å². The van der Waals surface area contributed by atoms with Crippen molar-refractivity contribution < 1.29 is 28.9 Å². The fraction of sp³-hybridized carbons (Fsp3) is 0.389. The van der Waals surface area contributed by atoms with Gasteiger partial charge < -0.3 is 24.1 Å². The van der Waals surface area contributed by atoms with E-state index in [1.165, 1.54) is 16.7 Å². The number of ether oxygens (including phenoxy) is 3. The van der Waals surface area contributed by atoms with Crippen LogP contribution in [0.3, 0.4) is 0 Å². The molecule has 3 rings (SSSR count). The molecule has 0 bridgehead atoms. The number of hydrogen-bond acceptors (Lipinski definition) is 8. The van der Waals surface area contributed by atoms with Gasteiger partial charge in [0.05, 0.1) is 12.0 Å². The molecule has 27 heavy (non-hydrogen) atoms. The number of rotatable bonds is 7. The van der Waals surface area contributed by atoms with Gasteiger partial charge in [-0.3, -0.25) is 9.69 Å². The summed E-state index contributed by atoms with van der Waals surface area (Å²) in [6, 6.07) is 3.57. The second kappa shape index (κ2) is 8.62. The van der Waals surface area contributed by atoms with Crippen molar-refractivity contribution in [1.82, 2.24) is 4.90 Å². The van der Waals surface area contributed by atoms with Crippen LogP contribution in [0, 0.1) is 0 Å². The number of unbranched alkanes of at least 4 members (excludes halogenated alkanes) is 1. The molecule has 1 aromatic carbocycles. The van der Waals surface area contributed by atoms with Crippen LogP contribution >= 0.6 is 24.0 Å². The van der Waals surface area contributed by atoms with E-state index in [2.05, 4.69) is 0 Å². The monoisotopic (exact) mass is 408 g/mol. The van der Waals surface area contributed by atoms with Gasteiger partial charge in [-0.25, -0.2) is 0 Å². The molecule has 0 atom stereocenters. The van der Waals surface area contributed by atoms with Gasteiger partial charge in [0, 0.05) is 12.5 Å². The molecule has 0 radical (unpaired) electrons. The van der Waals surface area contributed by atoms with E-state index >= 15 is 0 Å². The van der Waals surface area contributed by atoms with Gasteiger partial charge in [-0.15, -0.1) is 0 Å². The number of fused-ring (bicyclic) bond motifs is 1. The molecule has 7 nitrogen and oxygen atoms in total. The number of thioether (sulfide) groups is 1. The molecule has 2 aliphatic rings. The minimum absolute atomic E-state index is 0.0262. The molecule has 0 aliphatic carbocycles. The Morgan fingerprint density at radius 3 is 2.89 bits per heavy atom. The zero-order chi connectivity index (χ0) is 19.4. The molecule has 0 saturated carbocycles. The zero-order valence-corrected chi connectivity index (χ0v) is 16.3. The lowest BCUT2D eigenvalue weighted by atomic mass is 10.1. The summed E-state index contributed by atoms with van der Waals surface area (Å²) < 4.78 is 17.0. The average Bonchev–Trinajstić information content (AvgIpc) is 2.91. The van der Waals surface area contributed by atoms with E-state index in [0.717, 1.165) is 5.56 Å². The van der Waals surface area contributed by atoms with Crippen LogP contribution in [0.4, 0.5) is 0 Å². The molecule has 9 heteroatoms. The molecule has 0 N–H and O–H groups in total. The maximum Gasteiger partial charge on any atom is 0.266 e. The topological polar surface area (TPSA) is 88.1 Å². The number of nitrogens with zero attached hydrogens (tertiary/aromatic N) is 1. The van der Waals surface area contributed by atoms with E-state index in [0.29, 0.717) is 59.1 Å². The average molecular weight is 408 g/mol. The number of carboxylic acids is 1. The highest BCUT2D eigenvalue weighted by molar-refractivity contribution is 8.26. The fourth-order valence-electron chi connectivity index (χ4n) is 2.76. The number of carbonyl (C=O) groups excluding carboxylic acids is 2. The number of hydrogen-bond donors (Lipinski definition) is 0. The Bertz CT molecular complexity index is 790. The molecular weight excluding hydrogens is 390 g/mol. The maximum absolute atomic E-state index is 12.6. The molecule has 1 saturated heterocycles. The van der Waals surface area contributed by atoms with E-state index in [1.54, 1.807) is 25.3 Å². The number of amides is 1. The SMILES string of the molecule is COc1cc(/C=C2\SC(=S)N(CCCCC(=O)[O-])C2=O)cc2c1OCCO2. The highest BCUT2D eigenvalue weighted by Crippen LogP contribution is 2.42. The summed E-state index contributed by atoms with van der Waals surface area (Å²) in [6.07, 6.45) is 2.70. The van der Waals surface area contributed by atoms with Crippen molar-refractivity contribution in [3.8, 4) is 17.2 Å². The third kappa shape index (κ3) is 4.54. The predicted molar refractivity (Wildman–Crippen MR) is 103 cm³/mol. The van der Waals surface area contributed by atoms with Gasteiger partial charge in [-0.2, -0.15) is 0 Å². The second-order valence-corrected chi connectivity index (χ2v) is 7.59. The summed E-state index contributed by atoms with van der Waals surface area (Å²) in [5.41, 5.74) is 0.744. The van der Waals surface area contributed by atoms with Gasteiger partial charge in [0.1, 0.15) is 17.5 Å². The van der Waals surface area contributed by atoms with Crippen molar-refractivity contribution >= 4 is 46.3 Å². The Labute approximate surface area is 166 Å². The first-order valence-electron chi connectivity index (χ1n) is 8.42. The lowest BCUT2D eigenvalue weighted by molar-refractivity contribution is -0.305. The van der Waals surface area contributed by atoms with Gasteiger partial charge >= 0.3 is 0 Å². The molecule has 0 aromatic heterocycles. The third-order valence-corrected chi connectivity index (χ3v) is 5.41. The van der Waals surface area contributed by atoms with Crippen molar-refractivity contribution in [2.75, 3.05) is 26.9 Å². The molecule has 0 unspecified atom stereocenters. The number of aliphatic carboxylic acids is 1. The first-order chi connectivity index (χ1) is 13.0. The molecule has 2 heterocycles. The van der Waals surface area contributed by atoms with Crippen molar-refractivity contribution in [1.29, 1.82) is 0 Å². The number of carboxylic acid groups (broad SMARTS) is 1. The normalized spacial score (nSPS) is 17.5. The van der Waals surface area contributed by atoms with E-state index in [-0.39, 0.29) is 12.3 Å². The third-order valence-electron chi connectivity index (χ3n) is 4.03. The fourth-order valence-corrected chi connectivity index (χ4v) is 4.07. The van der Waals surface area contributed by atoms with Gasteiger partial charge in [-0.05, 0) is 43.0 Å². The maximum atomic E-state index is 12.6. The highest BCUT2D eigenvalue weighted by atomic mass is 32.2. The van der Waals surface area contributed by atoms with Crippen LogP contribution in [0.2, 0.25) is 0 Å². The van der Waals surface area contributed by atoms with E-state index in [9.17, 15) is 14.7 Å². The predicted octanol–water partition coefficient (Wildman–Crippen LogP) is 1.59. The van der Waals surface area contributed by atoms with Crippen LogP contribution in [0.15, 0.2) is 17.0 Å². The van der Waals surface area contributed by atoms with Crippen molar-refractivity contribution in [3.05, 3.63) is 22.6 Å². The lowest BCUT2D eigenvalue weighted by Gasteiger charge is -2.21. The largest absolute Gasteiger partial charge is 0.550 e. The lowest BCUT2D eigenvalue weighted by Crippen LogP contribution is -2.29. The number of methoxy groups -OCH3 is 1. The Kier molecular flexibility index (Phi) is 6.22. The minimum atomic E-state index is -1.09. The van der Waals surface area contributed by atoms with E-state index in [1.807, 2.05) is 0 Å². The quantitative estimate of drug-likeness (QED) is 0.382. The highest BCUT2D eigenvalue weighted by Gasteiger charge is 2.31. The van der Waals surface area contributed by atoms with Crippen molar-refractivity contribution in [3.63, 3.8) is 0 Å². The van der Waals surface area contributed by atoms with Crippen molar-refractivity contribution in [2.45, 2.75) is 19.3 Å². The first kappa shape index (κ1) is 19.5. The molecule has 1 aromatic rings. The van der Waals surface area contributed by atoms with Crippen LogP contribution < -0.4 is 19.3 Å². The van der Waals surface area contributed by atoms with E-state index < -0.39 is 5.97 Å². The first-order valence-corrected chi connectivity index (χ1v) is 9.65. The van der Waals surface area contributed by atoms with Crippen LogP contribution in [-0.2, 0) is 9.59 Å². The van der Waals surface area contributed by atoms with Crippen molar-refractivity contribution in [2.24, 2.45) is 0 Å². The van der Waals surface area contributed by atoms with Crippen LogP contribution in [0.1, 0.15) is 24.8 Å². The summed E-state index contributed by atoms with van der Waals surface area (Å²) in [6.45, 7) is 1.30. The second-order valence-electron chi connectivity index (χ2n) is 5.91. The summed E-state index contributed by atoms with van der Waals surface area (Å²) in [4.78, 5) is 25.1. The smallest absolute Gasteiger partial charge is 0.266 e. The summed E-state index contributed by atoms with van der Waals surface area (Å²) >= 11 is 6.51. The standard InChI is InChI=1S/C18H19NO6S2/c1-23-12-8-11(9-13-16(12)25-7-6-24-13)10-14-17(22)19(18(26)27-14)5-3-2-4-15(20)21/h8-10H,2-7H2,1H3,(H,20,21)/p-1/b14-10-. The number of carbonyl (C=O) groups is 2. The molecule has 2 aliphatic heterocycles. The molecular formula is C18H18NO6S2-. The minimum Gasteiger partial charge on any atom is -0.550 e. The Morgan fingerprint density at radius 1 is 1.37 bits per heavy atom. The van der Waals surface area contributed by atoms with Gasteiger partial charge in [0.2, 0.25) is 5.75 Å². The molecule has 1 amide bonds.